The molecule has 0 aliphatic heterocycles. The third-order valence-corrected chi connectivity index (χ3v) is 6.16. The molecule has 32 heavy (non-hydrogen) atoms. The molecule has 2 aromatic heterocycles. The highest BCUT2D eigenvalue weighted by atomic mass is 32.2. The van der Waals surface area contributed by atoms with Crippen LogP contribution >= 0.6 is 11.8 Å². The number of amides is 2. The summed E-state index contributed by atoms with van der Waals surface area (Å²) in [6.45, 7) is 7.14. The van der Waals surface area contributed by atoms with Gasteiger partial charge in [-0.3, -0.25) is 14.9 Å². The van der Waals surface area contributed by atoms with Crippen molar-refractivity contribution in [2.75, 3.05) is 11.9 Å². The standard InChI is InChI=1S/C23H25N3O5S/c1-5-16(32-17-11-12(3)14-9-7-8-10-15(14)25-17)21(28)26-22-19(20(24)27)18(13(4)31-22)23(29)30-6-2/h7-11,16H,5-6H2,1-4H3,(H2,24,27)(H,26,28). The van der Waals surface area contributed by atoms with Crippen molar-refractivity contribution in [3.63, 3.8) is 0 Å². The Bertz CT molecular complexity index is 1190. The number of esters is 1. The van der Waals surface area contributed by atoms with E-state index in [2.05, 4.69) is 10.3 Å². The predicted octanol–water partition coefficient (Wildman–Crippen LogP) is 4.23. The van der Waals surface area contributed by atoms with Gasteiger partial charge in [0.1, 0.15) is 16.9 Å². The highest BCUT2D eigenvalue weighted by molar-refractivity contribution is 8.00. The molecule has 3 aromatic rings. The van der Waals surface area contributed by atoms with Gasteiger partial charge in [-0.25, -0.2) is 9.78 Å². The third kappa shape index (κ3) is 4.77. The number of carbonyl (C=O) groups is 3. The molecule has 0 fully saturated rings. The average molecular weight is 456 g/mol. The van der Waals surface area contributed by atoms with E-state index in [-0.39, 0.29) is 29.4 Å². The van der Waals surface area contributed by atoms with Gasteiger partial charge < -0.3 is 14.9 Å². The molecule has 0 aliphatic carbocycles. The number of hydrogen-bond donors (Lipinski definition) is 2. The maximum absolute atomic E-state index is 13.0. The summed E-state index contributed by atoms with van der Waals surface area (Å²) in [6.07, 6.45) is 0.500. The molecule has 0 saturated heterocycles. The van der Waals surface area contributed by atoms with Crippen LogP contribution in [-0.4, -0.2) is 34.6 Å². The maximum Gasteiger partial charge on any atom is 0.342 e. The summed E-state index contributed by atoms with van der Waals surface area (Å²) in [6, 6.07) is 9.74. The molecule has 0 spiro atoms. The maximum atomic E-state index is 13.0. The molecule has 8 nitrogen and oxygen atoms in total. The Morgan fingerprint density at radius 1 is 1.19 bits per heavy atom. The van der Waals surface area contributed by atoms with Crippen molar-refractivity contribution < 1.29 is 23.5 Å². The summed E-state index contributed by atoms with van der Waals surface area (Å²) in [4.78, 5) is 41.9. The van der Waals surface area contributed by atoms with E-state index in [0.29, 0.717) is 11.4 Å². The number of nitrogens with zero attached hydrogens (tertiary/aromatic N) is 1. The van der Waals surface area contributed by atoms with Crippen molar-refractivity contribution in [3.8, 4) is 0 Å². The summed E-state index contributed by atoms with van der Waals surface area (Å²) in [5, 5.41) is 3.86. The number of aromatic nitrogens is 1. The van der Waals surface area contributed by atoms with Crippen molar-refractivity contribution in [2.45, 2.75) is 44.4 Å². The fourth-order valence-electron chi connectivity index (χ4n) is 3.36. The number of thioether (sulfide) groups is 1. The second-order valence-electron chi connectivity index (χ2n) is 7.12. The van der Waals surface area contributed by atoms with Crippen LogP contribution in [0.1, 0.15) is 52.3 Å². The Kier molecular flexibility index (Phi) is 7.19. The molecule has 1 atom stereocenters. The number of rotatable bonds is 8. The van der Waals surface area contributed by atoms with Crippen LogP contribution in [0.15, 0.2) is 39.8 Å². The van der Waals surface area contributed by atoms with Gasteiger partial charge in [0.25, 0.3) is 5.91 Å². The van der Waals surface area contributed by atoms with E-state index >= 15 is 0 Å². The van der Waals surface area contributed by atoms with Crippen LogP contribution in [0, 0.1) is 13.8 Å². The highest BCUT2D eigenvalue weighted by Gasteiger charge is 2.30. The number of nitrogens with one attached hydrogen (secondary N) is 1. The summed E-state index contributed by atoms with van der Waals surface area (Å²) < 4.78 is 10.5. The molecule has 9 heteroatoms. The summed E-state index contributed by atoms with van der Waals surface area (Å²) >= 11 is 1.31. The second kappa shape index (κ2) is 9.86. The average Bonchev–Trinajstić information content (AvgIpc) is 3.08. The fraction of sp³-hybridized carbons (Fsp3) is 0.304. The van der Waals surface area contributed by atoms with Crippen LogP contribution in [0.25, 0.3) is 10.9 Å². The molecule has 1 aromatic carbocycles. The number of para-hydroxylation sites is 1. The number of benzene rings is 1. The number of primary amides is 1. The smallest absolute Gasteiger partial charge is 0.342 e. The number of hydrogen-bond acceptors (Lipinski definition) is 7. The lowest BCUT2D eigenvalue weighted by molar-refractivity contribution is -0.115. The van der Waals surface area contributed by atoms with Crippen molar-refractivity contribution in [1.29, 1.82) is 0 Å². The fourth-order valence-corrected chi connectivity index (χ4v) is 4.38. The van der Waals surface area contributed by atoms with E-state index in [1.54, 1.807) is 6.92 Å². The van der Waals surface area contributed by atoms with E-state index in [4.69, 9.17) is 14.9 Å². The zero-order valence-corrected chi connectivity index (χ0v) is 19.2. The lowest BCUT2D eigenvalue weighted by Gasteiger charge is -2.14. The Morgan fingerprint density at radius 3 is 2.56 bits per heavy atom. The number of carbonyl (C=O) groups excluding carboxylic acids is 3. The highest BCUT2D eigenvalue weighted by Crippen LogP contribution is 2.31. The van der Waals surface area contributed by atoms with Gasteiger partial charge in [-0.05, 0) is 44.9 Å². The monoisotopic (exact) mass is 455 g/mol. The van der Waals surface area contributed by atoms with Crippen molar-refractivity contribution in [1.82, 2.24) is 4.98 Å². The number of ether oxygens (including phenoxy) is 1. The van der Waals surface area contributed by atoms with Crippen molar-refractivity contribution >= 4 is 46.3 Å². The molecule has 0 radical (unpaired) electrons. The largest absolute Gasteiger partial charge is 0.462 e. The zero-order chi connectivity index (χ0) is 23.4. The molecule has 0 saturated carbocycles. The van der Waals surface area contributed by atoms with Gasteiger partial charge in [0.05, 0.1) is 22.4 Å². The molecule has 2 amide bonds. The minimum absolute atomic E-state index is 0.0813. The summed E-state index contributed by atoms with van der Waals surface area (Å²) in [5.74, 6) is -2.05. The topological polar surface area (TPSA) is 125 Å². The van der Waals surface area contributed by atoms with Crippen LogP contribution in [0.5, 0.6) is 0 Å². The predicted molar refractivity (Wildman–Crippen MR) is 123 cm³/mol. The molecular formula is C23H25N3O5S. The normalized spacial score (nSPS) is 11.9. The SMILES string of the molecule is CCOC(=O)c1c(C)oc(NC(=O)C(CC)Sc2cc(C)c3ccccc3n2)c1C(N)=O. The first-order chi connectivity index (χ1) is 15.3. The first-order valence-electron chi connectivity index (χ1n) is 10.2. The first kappa shape index (κ1) is 23.3. The quantitative estimate of drug-likeness (QED) is 0.385. The van der Waals surface area contributed by atoms with Crippen LogP contribution < -0.4 is 11.1 Å². The van der Waals surface area contributed by atoms with Crippen LogP contribution in [0.2, 0.25) is 0 Å². The lowest BCUT2D eigenvalue weighted by Crippen LogP contribution is -2.26. The van der Waals surface area contributed by atoms with E-state index < -0.39 is 23.0 Å². The van der Waals surface area contributed by atoms with E-state index in [9.17, 15) is 14.4 Å². The van der Waals surface area contributed by atoms with Gasteiger partial charge in [-0.1, -0.05) is 36.9 Å². The van der Waals surface area contributed by atoms with E-state index in [1.807, 2.05) is 44.2 Å². The number of furan rings is 1. The second-order valence-corrected chi connectivity index (χ2v) is 8.34. The van der Waals surface area contributed by atoms with Crippen LogP contribution in [0.3, 0.4) is 0 Å². The zero-order valence-electron chi connectivity index (χ0n) is 18.4. The van der Waals surface area contributed by atoms with Gasteiger partial charge in [0.2, 0.25) is 11.8 Å². The number of pyridine rings is 1. The van der Waals surface area contributed by atoms with E-state index in [1.165, 1.54) is 18.7 Å². The molecule has 168 valence electrons. The van der Waals surface area contributed by atoms with Gasteiger partial charge in [0.15, 0.2) is 0 Å². The Hall–Kier alpha value is -3.33. The Morgan fingerprint density at radius 2 is 1.91 bits per heavy atom. The molecule has 2 heterocycles. The molecule has 3 N–H and O–H groups in total. The Balaban J connectivity index is 1.86. The first-order valence-corrected chi connectivity index (χ1v) is 11.1. The van der Waals surface area contributed by atoms with Gasteiger partial charge in [0, 0.05) is 5.39 Å². The van der Waals surface area contributed by atoms with Gasteiger partial charge >= 0.3 is 5.97 Å². The van der Waals surface area contributed by atoms with E-state index in [0.717, 1.165) is 16.5 Å². The minimum Gasteiger partial charge on any atom is -0.462 e. The number of nitrogens with two attached hydrogens (primary N) is 1. The third-order valence-electron chi connectivity index (χ3n) is 4.87. The van der Waals surface area contributed by atoms with Crippen LogP contribution in [-0.2, 0) is 9.53 Å². The molecule has 0 aliphatic rings. The molecule has 3 rings (SSSR count). The molecule has 1 unspecified atom stereocenters. The van der Waals surface area contributed by atoms with Crippen molar-refractivity contribution in [3.05, 3.63) is 52.8 Å². The molecule has 0 bridgehead atoms. The van der Waals surface area contributed by atoms with Crippen LogP contribution in [0.4, 0.5) is 5.88 Å². The molecular weight excluding hydrogens is 430 g/mol. The Labute approximate surface area is 189 Å². The van der Waals surface area contributed by atoms with Crippen molar-refractivity contribution in [2.24, 2.45) is 5.73 Å². The summed E-state index contributed by atoms with van der Waals surface area (Å²) in [7, 11) is 0. The van der Waals surface area contributed by atoms with Gasteiger partial charge in [-0.2, -0.15) is 0 Å². The number of aryl methyl sites for hydroxylation is 2. The number of anilines is 1. The number of fused-ring (bicyclic) bond motifs is 1. The van der Waals surface area contributed by atoms with Gasteiger partial charge in [-0.15, -0.1) is 0 Å². The summed E-state index contributed by atoms with van der Waals surface area (Å²) in [5.41, 5.74) is 7.09. The lowest BCUT2D eigenvalue weighted by atomic mass is 10.1. The minimum atomic E-state index is -0.896.